The molecule has 5 heteroatoms. The van der Waals surface area contributed by atoms with Crippen LogP contribution in [0, 0.1) is 0 Å². The highest BCUT2D eigenvalue weighted by molar-refractivity contribution is 5.79. The topological polar surface area (TPSA) is 67.3 Å². The van der Waals surface area contributed by atoms with Crippen molar-refractivity contribution in [2.45, 2.75) is 0 Å². The first-order chi connectivity index (χ1) is 7.43. The fraction of sp³-hybridized carbons (Fsp3) is 0. The van der Waals surface area contributed by atoms with Gasteiger partial charge >= 0.3 is 0 Å². The van der Waals surface area contributed by atoms with Crippen molar-refractivity contribution in [3.05, 3.63) is 37.1 Å². The number of pyridine rings is 1. The van der Waals surface area contributed by atoms with E-state index in [4.69, 9.17) is 0 Å². The van der Waals surface area contributed by atoms with Crippen molar-refractivity contribution in [3.63, 3.8) is 0 Å². The molecule has 0 fully saturated rings. The summed E-state index contributed by atoms with van der Waals surface area (Å²) >= 11 is 0. The summed E-state index contributed by atoms with van der Waals surface area (Å²) in [5.74, 6) is 0. The van der Waals surface area contributed by atoms with E-state index in [1.807, 2.05) is 6.07 Å². The first-order valence-corrected chi connectivity index (χ1v) is 4.49. The Balaban J connectivity index is 2.19. The monoisotopic (exact) mass is 197 g/mol. The summed E-state index contributed by atoms with van der Waals surface area (Å²) in [5.41, 5.74) is 2.53. The van der Waals surface area contributed by atoms with Crippen LogP contribution in [0.1, 0.15) is 0 Å². The molecule has 0 amide bonds. The summed E-state index contributed by atoms with van der Waals surface area (Å²) in [5, 5.41) is 7.68. The molecule has 0 saturated heterocycles. The Morgan fingerprint density at radius 1 is 1.00 bits per heavy atom. The maximum Gasteiger partial charge on any atom is 0.155 e. The average Bonchev–Trinajstić information content (AvgIpc) is 2.77. The normalized spacial score (nSPS) is 10.7. The van der Waals surface area contributed by atoms with Crippen LogP contribution in [0.3, 0.4) is 0 Å². The van der Waals surface area contributed by atoms with Gasteiger partial charge in [-0.3, -0.25) is 15.1 Å². The Hall–Kier alpha value is -2.30. The van der Waals surface area contributed by atoms with Gasteiger partial charge in [0, 0.05) is 29.5 Å². The maximum atomic E-state index is 4.23. The quantitative estimate of drug-likeness (QED) is 0.640. The largest absolute Gasteiger partial charge is 0.261 e. The molecule has 3 aromatic heterocycles. The molecule has 0 bridgehead atoms. The van der Waals surface area contributed by atoms with Crippen LogP contribution in [0.15, 0.2) is 37.1 Å². The summed E-state index contributed by atoms with van der Waals surface area (Å²) < 4.78 is 0. The second-order valence-electron chi connectivity index (χ2n) is 3.12. The number of H-pyrrole nitrogens is 1. The van der Waals surface area contributed by atoms with E-state index in [1.165, 1.54) is 0 Å². The fourth-order valence-corrected chi connectivity index (χ4v) is 1.42. The zero-order valence-electron chi connectivity index (χ0n) is 7.75. The van der Waals surface area contributed by atoms with E-state index >= 15 is 0 Å². The highest BCUT2D eigenvalue weighted by atomic mass is 15.1. The van der Waals surface area contributed by atoms with Crippen molar-refractivity contribution in [2.24, 2.45) is 0 Å². The van der Waals surface area contributed by atoms with Gasteiger partial charge in [0.15, 0.2) is 5.65 Å². The molecule has 72 valence electrons. The summed E-state index contributed by atoms with van der Waals surface area (Å²) in [6.45, 7) is 0. The number of nitrogens with zero attached hydrogens (tertiary/aromatic N) is 4. The van der Waals surface area contributed by atoms with Crippen LogP contribution in [0.5, 0.6) is 0 Å². The van der Waals surface area contributed by atoms with Crippen molar-refractivity contribution >= 4 is 11.0 Å². The lowest BCUT2D eigenvalue weighted by molar-refractivity contribution is 1.10. The molecular formula is C10H7N5. The van der Waals surface area contributed by atoms with Crippen molar-refractivity contribution in [2.75, 3.05) is 0 Å². The Kier molecular flexibility index (Phi) is 1.68. The maximum absolute atomic E-state index is 4.23. The first kappa shape index (κ1) is 8.05. The predicted molar refractivity (Wildman–Crippen MR) is 54.9 cm³/mol. The van der Waals surface area contributed by atoms with Crippen molar-refractivity contribution in [1.29, 1.82) is 0 Å². The number of hydrogen-bond acceptors (Lipinski definition) is 4. The van der Waals surface area contributed by atoms with Crippen molar-refractivity contribution < 1.29 is 0 Å². The van der Waals surface area contributed by atoms with Gasteiger partial charge in [-0.15, -0.1) is 0 Å². The van der Waals surface area contributed by atoms with Gasteiger partial charge < -0.3 is 0 Å². The van der Waals surface area contributed by atoms with E-state index in [0.717, 1.165) is 22.3 Å². The third-order valence-electron chi connectivity index (χ3n) is 2.15. The third-order valence-corrected chi connectivity index (χ3v) is 2.15. The summed E-state index contributed by atoms with van der Waals surface area (Å²) in [4.78, 5) is 12.5. The number of rotatable bonds is 1. The minimum atomic E-state index is 0.780. The molecule has 0 spiro atoms. The Morgan fingerprint density at radius 2 is 2.00 bits per heavy atom. The van der Waals surface area contributed by atoms with E-state index in [2.05, 4.69) is 25.1 Å². The van der Waals surface area contributed by atoms with E-state index in [9.17, 15) is 0 Å². The molecule has 0 aromatic carbocycles. The highest BCUT2D eigenvalue weighted by Crippen LogP contribution is 2.18. The third kappa shape index (κ3) is 1.34. The lowest BCUT2D eigenvalue weighted by atomic mass is 10.2. The van der Waals surface area contributed by atoms with E-state index < -0.39 is 0 Å². The standard InChI is InChI=1S/C10H7N5/c1-2-12-9(6-11-1)7-3-8-5-14-15-10(8)13-4-7/h1-6H,(H,13,14,15). The Morgan fingerprint density at radius 3 is 2.87 bits per heavy atom. The van der Waals surface area contributed by atoms with Gasteiger partial charge in [0.1, 0.15) is 0 Å². The average molecular weight is 197 g/mol. The molecule has 3 aromatic rings. The molecule has 0 atom stereocenters. The van der Waals surface area contributed by atoms with Crippen LogP contribution < -0.4 is 0 Å². The zero-order valence-corrected chi connectivity index (χ0v) is 7.75. The van der Waals surface area contributed by atoms with E-state index in [1.54, 1.807) is 31.0 Å². The highest BCUT2D eigenvalue weighted by Gasteiger charge is 2.02. The lowest BCUT2D eigenvalue weighted by Crippen LogP contribution is -1.85. The fourth-order valence-electron chi connectivity index (χ4n) is 1.42. The molecule has 0 radical (unpaired) electrons. The van der Waals surface area contributed by atoms with Gasteiger partial charge in [0.25, 0.3) is 0 Å². The summed E-state index contributed by atoms with van der Waals surface area (Å²) in [6, 6.07) is 1.98. The molecule has 15 heavy (non-hydrogen) atoms. The smallest absolute Gasteiger partial charge is 0.155 e. The van der Waals surface area contributed by atoms with Gasteiger partial charge in [0.2, 0.25) is 0 Å². The number of nitrogens with one attached hydrogen (secondary N) is 1. The van der Waals surface area contributed by atoms with Gasteiger partial charge in [0.05, 0.1) is 18.1 Å². The molecular weight excluding hydrogens is 190 g/mol. The Bertz CT molecular complexity index is 587. The minimum absolute atomic E-state index is 0.780. The summed E-state index contributed by atoms with van der Waals surface area (Å²) in [6.07, 6.45) is 8.51. The molecule has 0 aliphatic heterocycles. The minimum Gasteiger partial charge on any atom is -0.261 e. The number of aromatic amines is 1. The molecule has 1 N–H and O–H groups in total. The van der Waals surface area contributed by atoms with Crippen LogP contribution in [0.25, 0.3) is 22.3 Å². The molecule has 0 aliphatic carbocycles. The van der Waals surface area contributed by atoms with Gasteiger partial charge in [-0.2, -0.15) is 5.10 Å². The Labute approximate surface area is 85.2 Å². The van der Waals surface area contributed by atoms with Crippen LogP contribution >= 0.6 is 0 Å². The van der Waals surface area contributed by atoms with Crippen molar-refractivity contribution in [3.8, 4) is 11.3 Å². The number of hydrogen-bond donors (Lipinski definition) is 1. The van der Waals surface area contributed by atoms with E-state index in [0.29, 0.717) is 0 Å². The zero-order chi connectivity index (χ0) is 10.1. The predicted octanol–water partition coefficient (Wildman–Crippen LogP) is 1.41. The van der Waals surface area contributed by atoms with Crippen LogP contribution in [0.4, 0.5) is 0 Å². The van der Waals surface area contributed by atoms with E-state index in [-0.39, 0.29) is 0 Å². The summed E-state index contributed by atoms with van der Waals surface area (Å²) in [7, 11) is 0. The first-order valence-electron chi connectivity index (χ1n) is 4.49. The van der Waals surface area contributed by atoms with Crippen LogP contribution in [-0.4, -0.2) is 25.1 Å². The van der Waals surface area contributed by atoms with Gasteiger partial charge in [-0.1, -0.05) is 0 Å². The van der Waals surface area contributed by atoms with Crippen LogP contribution in [-0.2, 0) is 0 Å². The second-order valence-corrected chi connectivity index (χ2v) is 3.12. The second kappa shape index (κ2) is 3.13. The van der Waals surface area contributed by atoms with Gasteiger partial charge in [-0.25, -0.2) is 4.98 Å². The molecule has 0 unspecified atom stereocenters. The molecule has 3 rings (SSSR count). The molecule has 3 heterocycles. The molecule has 0 saturated carbocycles. The lowest BCUT2D eigenvalue weighted by Gasteiger charge is -1.98. The molecule has 0 aliphatic rings. The van der Waals surface area contributed by atoms with Gasteiger partial charge in [-0.05, 0) is 6.07 Å². The SMILES string of the molecule is c1cnc(-c2cnc3[nH]ncc3c2)cn1. The number of aromatic nitrogens is 5. The van der Waals surface area contributed by atoms with Crippen molar-refractivity contribution in [1.82, 2.24) is 25.1 Å². The van der Waals surface area contributed by atoms with Crippen LogP contribution in [0.2, 0.25) is 0 Å². The number of fused-ring (bicyclic) bond motifs is 1. The molecule has 5 nitrogen and oxygen atoms in total.